The van der Waals surface area contributed by atoms with Crippen LogP contribution in [0.4, 0.5) is 5.69 Å². The van der Waals surface area contributed by atoms with Crippen molar-refractivity contribution in [1.29, 1.82) is 0 Å². The van der Waals surface area contributed by atoms with Crippen molar-refractivity contribution in [3.8, 4) is 11.5 Å². The molecule has 0 aliphatic carbocycles. The molecule has 1 heterocycles. The lowest BCUT2D eigenvalue weighted by Crippen LogP contribution is -2.15. The van der Waals surface area contributed by atoms with Crippen molar-refractivity contribution in [1.82, 2.24) is 0 Å². The van der Waals surface area contributed by atoms with Gasteiger partial charge in [-0.15, -0.1) is 0 Å². The average molecular weight is 347 g/mol. The average Bonchev–Trinajstić information content (AvgIpc) is 2.75. The molecular formula is C18H21NO4S. The molecule has 5 nitrogen and oxygen atoms in total. The summed E-state index contributed by atoms with van der Waals surface area (Å²) >= 11 is 0. The first-order valence-electron chi connectivity index (χ1n) is 7.87. The first-order valence-corrected chi connectivity index (χ1v) is 9.35. The number of rotatable bonds is 3. The summed E-state index contributed by atoms with van der Waals surface area (Å²) < 4.78 is 39.3. The normalized spacial score (nSPS) is 14.1. The van der Waals surface area contributed by atoms with Gasteiger partial charge in [0.1, 0.15) is 0 Å². The highest BCUT2D eigenvalue weighted by Crippen LogP contribution is 2.33. The lowest BCUT2D eigenvalue weighted by molar-refractivity contribution is 0.297. The monoisotopic (exact) mass is 347 g/mol. The van der Waals surface area contributed by atoms with Crippen LogP contribution in [0.1, 0.15) is 23.1 Å². The molecule has 0 fully saturated rings. The zero-order valence-corrected chi connectivity index (χ0v) is 14.9. The van der Waals surface area contributed by atoms with Gasteiger partial charge < -0.3 is 9.47 Å². The van der Waals surface area contributed by atoms with Gasteiger partial charge in [-0.05, 0) is 44.0 Å². The number of anilines is 1. The Morgan fingerprint density at radius 2 is 1.54 bits per heavy atom. The van der Waals surface area contributed by atoms with Crippen LogP contribution in [-0.4, -0.2) is 21.6 Å². The fourth-order valence-corrected chi connectivity index (χ4v) is 4.06. The van der Waals surface area contributed by atoms with Gasteiger partial charge in [0.05, 0.1) is 23.8 Å². The second kappa shape index (κ2) is 6.36. The molecule has 0 saturated carbocycles. The fourth-order valence-electron chi connectivity index (χ4n) is 2.85. The van der Waals surface area contributed by atoms with E-state index in [2.05, 4.69) is 4.72 Å². The number of hydrogen-bond donors (Lipinski definition) is 1. The highest BCUT2D eigenvalue weighted by Gasteiger charge is 2.20. The van der Waals surface area contributed by atoms with Crippen LogP contribution in [0.5, 0.6) is 11.5 Å². The van der Waals surface area contributed by atoms with Crippen molar-refractivity contribution in [3.05, 3.63) is 47.0 Å². The van der Waals surface area contributed by atoms with Crippen molar-refractivity contribution in [2.45, 2.75) is 32.1 Å². The Bertz CT molecular complexity index is 852. The first-order chi connectivity index (χ1) is 11.4. The van der Waals surface area contributed by atoms with Crippen LogP contribution in [0.3, 0.4) is 0 Å². The van der Waals surface area contributed by atoms with Gasteiger partial charge in [-0.3, -0.25) is 4.72 Å². The van der Waals surface area contributed by atoms with E-state index >= 15 is 0 Å². The summed E-state index contributed by atoms with van der Waals surface area (Å²) in [5.41, 5.74) is 3.51. The number of aryl methyl sites for hydroxylation is 3. The SMILES string of the molecule is Cc1cc(C)c(NS(=O)(=O)c2ccc3c(c2)OCCCO3)c(C)c1. The van der Waals surface area contributed by atoms with E-state index in [1.807, 2.05) is 32.9 Å². The first kappa shape index (κ1) is 16.6. The Balaban J connectivity index is 1.96. The molecule has 0 spiro atoms. The van der Waals surface area contributed by atoms with Crippen LogP contribution >= 0.6 is 0 Å². The molecule has 0 radical (unpaired) electrons. The minimum absolute atomic E-state index is 0.158. The third-order valence-corrected chi connectivity index (χ3v) is 5.29. The number of benzene rings is 2. The highest BCUT2D eigenvalue weighted by atomic mass is 32.2. The summed E-state index contributed by atoms with van der Waals surface area (Å²) in [5, 5.41) is 0. The van der Waals surface area contributed by atoms with Gasteiger partial charge in [0.15, 0.2) is 11.5 Å². The van der Waals surface area contributed by atoms with Crippen LogP contribution < -0.4 is 14.2 Å². The summed E-state index contributed by atoms with van der Waals surface area (Å²) in [5.74, 6) is 1.04. The zero-order chi connectivity index (χ0) is 17.3. The summed E-state index contributed by atoms with van der Waals surface area (Å²) in [6.45, 7) is 6.86. The largest absolute Gasteiger partial charge is 0.490 e. The number of nitrogens with one attached hydrogen (secondary N) is 1. The van der Waals surface area contributed by atoms with E-state index in [-0.39, 0.29) is 4.90 Å². The minimum Gasteiger partial charge on any atom is -0.490 e. The van der Waals surface area contributed by atoms with E-state index in [1.54, 1.807) is 6.07 Å². The maximum Gasteiger partial charge on any atom is 0.262 e. The van der Waals surface area contributed by atoms with E-state index in [4.69, 9.17) is 9.47 Å². The Hall–Kier alpha value is -2.21. The van der Waals surface area contributed by atoms with Crippen LogP contribution in [0.25, 0.3) is 0 Å². The summed E-state index contributed by atoms with van der Waals surface area (Å²) in [7, 11) is -3.70. The fraction of sp³-hybridized carbons (Fsp3) is 0.333. The summed E-state index contributed by atoms with van der Waals surface area (Å²) in [4.78, 5) is 0.158. The van der Waals surface area contributed by atoms with Crippen molar-refractivity contribution in [3.63, 3.8) is 0 Å². The van der Waals surface area contributed by atoms with Crippen molar-refractivity contribution < 1.29 is 17.9 Å². The van der Waals surface area contributed by atoms with Gasteiger partial charge in [-0.1, -0.05) is 17.7 Å². The topological polar surface area (TPSA) is 64.6 Å². The molecule has 2 aromatic carbocycles. The van der Waals surface area contributed by atoms with E-state index in [9.17, 15) is 8.42 Å². The third-order valence-electron chi connectivity index (χ3n) is 3.94. The molecule has 0 aromatic heterocycles. The van der Waals surface area contributed by atoms with Crippen LogP contribution in [0, 0.1) is 20.8 Å². The molecule has 2 aromatic rings. The second-order valence-corrected chi connectivity index (χ2v) is 7.72. The van der Waals surface area contributed by atoms with Gasteiger partial charge in [0.2, 0.25) is 0 Å². The molecule has 24 heavy (non-hydrogen) atoms. The number of hydrogen-bond acceptors (Lipinski definition) is 4. The van der Waals surface area contributed by atoms with Crippen molar-refractivity contribution >= 4 is 15.7 Å². The molecule has 0 amide bonds. The Kier molecular flexibility index (Phi) is 4.41. The molecule has 3 rings (SSSR count). The predicted molar refractivity (Wildman–Crippen MR) is 93.5 cm³/mol. The highest BCUT2D eigenvalue weighted by molar-refractivity contribution is 7.92. The smallest absolute Gasteiger partial charge is 0.262 e. The van der Waals surface area contributed by atoms with Crippen molar-refractivity contribution in [2.24, 2.45) is 0 Å². The third kappa shape index (κ3) is 3.33. The molecule has 0 unspecified atom stereocenters. The van der Waals surface area contributed by atoms with Gasteiger partial charge in [-0.25, -0.2) is 8.42 Å². The molecule has 1 aliphatic rings. The minimum atomic E-state index is -3.70. The Labute approximate surface area is 142 Å². The maximum atomic E-state index is 12.8. The maximum absolute atomic E-state index is 12.8. The van der Waals surface area contributed by atoms with Crippen molar-refractivity contribution in [2.75, 3.05) is 17.9 Å². The molecule has 0 bridgehead atoms. The number of fused-ring (bicyclic) bond motifs is 1. The molecule has 128 valence electrons. The Morgan fingerprint density at radius 1 is 0.917 bits per heavy atom. The van der Waals surface area contributed by atoms with Gasteiger partial charge in [0, 0.05) is 12.5 Å². The lowest BCUT2D eigenvalue weighted by Gasteiger charge is -2.15. The molecule has 6 heteroatoms. The van der Waals surface area contributed by atoms with E-state index in [0.29, 0.717) is 30.4 Å². The van der Waals surface area contributed by atoms with Crippen LogP contribution in [0.15, 0.2) is 35.2 Å². The molecule has 1 N–H and O–H groups in total. The van der Waals surface area contributed by atoms with Gasteiger partial charge in [0.25, 0.3) is 10.0 Å². The molecule has 0 atom stereocenters. The zero-order valence-electron chi connectivity index (χ0n) is 14.0. The quantitative estimate of drug-likeness (QED) is 0.922. The summed E-state index contributed by atoms with van der Waals surface area (Å²) in [6, 6.07) is 8.61. The lowest BCUT2D eigenvalue weighted by atomic mass is 10.1. The van der Waals surface area contributed by atoms with Gasteiger partial charge in [-0.2, -0.15) is 0 Å². The number of ether oxygens (including phenoxy) is 2. The van der Waals surface area contributed by atoms with Crippen LogP contribution in [-0.2, 0) is 10.0 Å². The molecular weight excluding hydrogens is 326 g/mol. The molecule has 0 saturated heterocycles. The van der Waals surface area contributed by atoms with Crippen LogP contribution in [0.2, 0.25) is 0 Å². The Morgan fingerprint density at radius 3 is 2.21 bits per heavy atom. The van der Waals surface area contributed by atoms with E-state index < -0.39 is 10.0 Å². The predicted octanol–water partition coefficient (Wildman–Crippen LogP) is 3.57. The number of sulfonamides is 1. The van der Waals surface area contributed by atoms with E-state index in [0.717, 1.165) is 23.1 Å². The molecule has 1 aliphatic heterocycles. The standard InChI is InChI=1S/C18H21NO4S/c1-12-9-13(2)18(14(3)10-12)19-24(20,21)15-5-6-16-17(11-15)23-8-4-7-22-16/h5-6,9-11,19H,4,7-8H2,1-3H3. The second-order valence-electron chi connectivity index (χ2n) is 6.04. The van der Waals surface area contributed by atoms with Gasteiger partial charge >= 0.3 is 0 Å². The summed E-state index contributed by atoms with van der Waals surface area (Å²) in [6.07, 6.45) is 0.775. The van der Waals surface area contributed by atoms with E-state index in [1.165, 1.54) is 12.1 Å².